The lowest BCUT2D eigenvalue weighted by atomic mass is 9.94. The molecule has 2 heterocycles. The number of hydrogen-bond donors (Lipinski definition) is 3. The fraction of sp³-hybridized carbons (Fsp3) is 0.107. The van der Waals surface area contributed by atoms with Crippen LogP contribution in [-0.2, 0) is 4.79 Å². The fourth-order valence-corrected chi connectivity index (χ4v) is 4.32. The van der Waals surface area contributed by atoms with Crippen LogP contribution in [0.15, 0.2) is 102 Å². The van der Waals surface area contributed by atoms with E-state index in [9.17, 15) is 9.59 Å². The summed E-state index contributed by atoms with van der Waals surface area (Å²) < 4.78 is 7.08. The van der Waals surface area contributed by atoms with Crippen molar-refractivity contribution < 1.29 is 14.3 Å². The number of amides is 2. The quantitative estimate of drug-likeness (QED) is 0.359. The van der Waals surface area contributed by atoms with E-state index in [1.54, 1.807) is 23.9 Å². The standard InChI is InChI=1S/C28H25N5O3/c1-18-24(28(35)32-22-15-9-10-16-23(22)36-2)25(19-11-5-3-6-12-19)33-26(30-18)21(17-29-33)27(34)31-20-13-7-4-8-14-20/h3-17,25,30H,1-2H3,(H,31,34)(H,32,35). The molecular formula is C28H25N5O3. The highest BCUT2D eigenvalue weighted by Gasteiger charge is 2.35. The smallest absolute Gasteiger partial charge is 0.261 e. The number of methoxy groups -OCH3 is 1. The lowest BCUT2D eigenvalue weighted by Gasteiger charge is -2.30. The number of para-hydroxylation sites is 3. The number of nitrogens with one attached hydrogen (secondary N) is 3. The highest BCUT2D eigenvalue weighted by Crippen LogP contribution is 2.38. The van der Waals surface area contributed by atoms with Crippen molar-refractivity contribution in [3.63, 3.8) is 0 Å². The van der Waals surface area contributed by atoms with E-state index < -0.39 is 6.04 Å². The third-order valence-corrected chi connectivity index (χ3v) is 6.01. The first-order valence-corrected chi connectivity index (χ1v) is 11.5. The van der Waals surface area contributed by atoms with E-state index in [2.05, 4.69) is 21.0 Å². The average molecular weight is 480 g/mol. The number of carbonyl (C=O) groups is 2. The Balaban J connectivity index is 1.54. The summed E-state index contributed by atoms with van der Waals surface area (Å²) in [5, 5.41) is 13.7. The monoisotopic (exact) mass is 479 g/mol. The maximum Gasteiger partial charge on any atom is 0.261 e. The molecule has 1 aromatic heterocycles. The van der Waals surface area contributed by atoms with Crippen molar-refractivity contribution >= 4 is 29.0 Å². The van der Waals surface area contributed by atoms with Crippen molar-refractivity contribution in [3.05, 3.63) is 114 Å². The molecule has 4 aromatic rings. The molecule has 5 rings (SSSR count). The molecule has 0 fully saturated rings. The van der Waals surface area contributed by atoms with Crippen LogP contribution >= 0.6 is 0 Å². The second kappa shape index (κ2) is 9.79. The molecule has 1 aliphatic rings. The van der Waals surface area contributed by atoms with E-state index in [0.717, 1.165) is 5.56 Å². The van der Waals surface area contributed by atoms with Crippen LogP contribution in [0.3, 0.4) is 0 Å². The number of rotatable bonds is 6. The van der Waals surface area contributed by atoms with Gasteiger partial charge in [-0.1, -0.05) is 60.7 Å². The van der Waals surface area contributed by atoms with Crippen molar-refractivity contribution in [2.24, 2.45) is 0 Å². The summed E-state index contributed by atoms with van der Waals surface area (Å²) >= 11 is 0. The summed E-state index contributed by atoms with van der Waals surface area (Å²) in [7, 11) is 1.56. The maximum absolute atomic E-state index is 13.6. The number of benzene rings is 3. The summed E-state index contributed by atoms with van der Waals surface area (Å²) in [4.78, 5) is 26.7. The Morgan fingerprint density at radius 2 is 1.56 bits per heavy atom. The number of anilines is 3. The first-order chi connectivity index (χ1) is 17.6. The first-order valence-electron chi connectivity index (χ1n) is 11.5. The molecule has 0 aliphatic carbocycles. The van der Waals surface area contributed by atoms with Crippen molar-refractivity contribution in [1.82, 2.24) is 9.78 Å². The first kappa shape index (κ1) is 22.9. The summed E-state index contributed by atoms with van der Waals surface area (Å²) in [6, 6.07) is 25.5. The van der Waals surface area contributed by atoms with Crippen molar-refractivity contribution in [1.29, 1.82) is 0 Å². The SMILES string of the molecule is COc1ccccc1NC(=O)C1=C(C)Nc2c(C(=O)Nc3ccccc3)cnn2C1c1ccccc1. The van der Waals surface area contributed by atoms with E-state index in [4.69, 9.17) is 4.74 Å². The van der Waals surface area contributed by atoms with E-state index in [1.807, 2.05) is 79.7 Å². The van der Waals surface area contributed by atoms with Gasteiger partial charge in [0.15, 0.2) is 0 Å². The van der Waals surface area contributed by atoms with Crippen LogP contribution in [0.4, 0.5) is 17.2 Å². The summed E-state index contributed by atoms with van der Waals surface area (Å²) in [5.74, 6) is 0.485. The highest BCUT2D eigenvalue weighted by atomic mass is 16.5. The van der Waals surface area contributed by atoms with E-state index in [0.29, 0.717) is 39.8 Å². The predicted molar refractivity (Wildman–Crippen MR) is 139 cm³/mol. The van der Waals surface area contributed by atoms with Gasteiger partial charge in [-0.25, -0.2) is 4.68 Å². The van der Waals surface area contributed by atoms with Crippen LogP contribution in [0.2, 0.25) is 0 Å². The molecule has 1 unspecified atom stereocenters. The van der Waals surface area contributed by atoms with Crippen molar-refractivity contribution in [2.75, 3.05) is 23.1 Å². The second-order valence-electron chi connectivity index (χ2n) is 8.30. The van der Waals surface area contributed by atoms with Gasteiger partial charge in [-0.15, -0.1) is 0 Å². The van der Waals surface area contributed by atoms with Crippen LogP contribution in [0.5, 0.6) is 5.75 Å². The molecular weight excluding hydrogens is 454 g/mol. The number of ether oxygens (including phenoxy) is 1. The zero-order chi connectivity index (χ0) is 25.1. The molecule has 36 heavy (non-hydrogen) atoms. The van der Waals surface area contributed by atoms with Crippen molar-refractivity contribution in [3.8, 4) is 5.75 Å². The number of nitrogens with zero attached hydrogens (tertiary/aromatic N) is 2. The zero-order valence-electron chi connectivity index (χ0n) is 19.9. The molecule has 8 nitrogen and oxygen atoms in total. The summed E-state index contributed by atoms with van der Waals surface area (Å²) in [6.45, 7) is 1.82. The van der Waals surface area contributed by atoms with Gasteiger partial charge < -0.3 is 20.7 Å². The molecule has 1 aliphatic heterocycles. The van der Waals surface area contributed by atoms with Crippen LogP contribution < -0.4 is 20.7 Å². The summed E-state index contributed by atoms with van der Waals surface area (Å²) in [6.07, 6.45) is 1.52. The van der Waals surface area contributed by atoms with Gasteiger partial charge in [0.1, 0.15) is 23.2 Å². The average Bonchev–Trinajstić information content (AvgIpc) is 3.32. The third kappa shape index (κ3) is 4.32. The Morgan fingerprint density at radius 1 is 0.889 bits per heavy atom. The van der Waals surface area contributed by atoms with Gasteiger partial charge in [-0.2, -0.15) is 5.10 Å². The predicted octanol–water partition coefficient (Wildman–Crippen LogP) is 5.07. The molecule has 3 N–H and O–H groups in total. The molecule has 2 amide bonds. The number of hydrogen-bond acceptors (Lipinski definition) is 5. The van der Waals surface area contributed by atoms with Gasteiger partial charge in [-0.3, -0.25) is 9.59 Å². The third-order valence-electron chi connectivity index (χ3n) is 6.01. The molecule has 0 bridgehead atoms. The number of aromatic nitrogens is 2. The molecule has 0 spiro atoms. The van der Waals surface area contributed by atoms with Gasteiger partial charge in [0.05, 0.1) is 24.6 Å². The van der Waals surface area contributed by atoms with Crippen LogP contribution in [-0.4, -0.2) is 28.7 Å². The van der Waals surface area contributed by atoms with Gasteiger partial charge in [-0.05, 0) is 36.8 Å². The van der Waals surface area contributed by atoms with Gasteiger partial charge >= 0.3 is 0 Å². The van der Waals surface area contributed by atoms with E-state index in [-0.39, 0.29) is 11.8 Å². The van der Waals surface area contributed by atoms with Crippen molar-refractivity contribution in [2.45, 2.75) is 13.0 Å². The van der Waals surface area contributed by atoms with E-state index in [1.165, 1.54) is 6.20 Å². The normalized spacial score (nSPS) is 14.4. The molecule has 180 valence electrons. The maximum atomic E-state index is 13.6. The van der Waals surface area contributed by atoms with E-state index >= 15 is 0 Å². The minimum Gasteiger partial charge on any atom is -0.495 e. The Hall–Kier alpha value is -4.85. The largest absolute Gasteiger partial charge is 0.495 e. The Morgan fingerprint density at radius 3 is 2.28 bits per heavy atom. The van der Waals surface area contributed by atoms with Crippen LogP contribution in [0.1, 0.15) is 28.9 Å². The Labute approximate surface area is 208 Å². The van der Waals surface area contributed by atoms with Gasteiger partial charge in [0, 0.05) is 11.4 Å². The fourth-order valence-electron chi connectivity index (χ4n) is 4.32. The van der Waals surface area contributed by atoms with Gasteiger partial charge in [0.25, 0.3) is 11.8 Å². The number of fused-ring (bicyclic) bond motifs is 1. The topological polar surface area (TPSA) is 97.3 Å². The Bertz CT molecular complexity index is 1440. The lowest BCUT2D eigenvalue weighted by Crippen LogP contribution is -2.32. The number of allylic oxidation sites excluding steroid dienone is 1. The van der Waals surface area contributed by atoms with Gasteiger partial charge in [0.2, 0.25) is 0 Å². The molecule has 3 aromatic carbocycles. The molecule has 0 radical (unpaired) electrons. The van der Waals surface area contributed by atoms with Crippen LogP contribution in [0.25, 0.3) is 0 Å². The minimum absolute atomic E-state index is 0.295. The minimum atomic E-state index is -0.546. The highest BCUT2D eigenvalue weighted by molar-refractivity contribution is 6.09. The molecule has 0 saturated heterocycles. The number of carbonyl (C=O) groups excluding carboxylic acids is 2. The molecule has 1 atom stereocenters. The lowest BCUT2D eigenvalue weighted by molar-refractivity contribution is -0.113. The molecule has 8 heteroatoms. The zero-order valence-corrected chi connectivity index (χ0v) is 19.9. The molecule has 0 saturated carbocycles. The van der Waals surface area contributed by atoms with Crippen LogP contribution in [0, 0.1) is 0 Å². The second-order valence-corrected chi connectivity index (χ2v) is 8.30. The Kier molecular flexibility index (Phi) is 6.23. The summed E-state index contributed by atoms with van der Waals surface area (Å²) in [5.41, 5.74) is 3.59.